The number of hydrogen-bond acceptors (Lipinski definition) is 5. The Bertz CT molecular complexity index is 1150. The fourth-order valence-corrected chi connectivity index (χ4v) is 3.51. The molecule has 1 aliphatic carbocycles. The summed E-state index contributed by atoms with van der Waals surface area (Å²) in [5, 5.41) is 10.9. The van der Waals surface area contributed by atoms with E-state index in [1.807, 2.05) is 4.90 Å². The van der Waals surface area contributed by atoms with Crippen LogP contribution in [0.5, 0.6) is 0 Å². The van der Waals surface area contributed by atoms with Crippen molar-refractivity contribution >= 4 is 22.7 Å². The van der Waals surface area contributed by atoms with Crippen molar-refractivity contribution in [3.05, 3.63) is 74.5 Å². The highest BCUT2D eigenvalue weighted by atomic mass is 19.1. The first-order chi connectivity index (χ1) is 14.4. The number of carbonyl (C=O) groups excluding carboxylic acids is 1. The first-order valence-corrected chi connectivity index (χ1v) is 9.74. The number of carbonyl (C=O) groups is 1. The van der Waals surface area contributed by atoms with Crippen molar-refractivity contribution in [1.29, 1.82) is 0 Å². The van der Waals surface area contributed by atoms with Crippen molar-refractivity contribution in [2.75, 3.05) is 0 Å². The second-order valence-electron chi connectivity index (χ2n) is 7.41. The van der Waals surface area contributed by atoms with E-state index in [-0.39, 0.29) is 42.0 Å². The molecular weight excluding hydrogens is 393 g/mol. The van der Waals surface area contributed by atoms with E-state index in [4.69, 9.17) is 4.42 Å². The fourth-order valence-electron chi connectivity index (χ4n) is 3.51. The lowest BCUT2D eigenvalue weighted by atomic mass is 10.2. The van der Waals surface area contributed by atoms with Crippen molar-refractivity contribution in [2.45, 2.75) is 44.8 Å². The minimum Gasteiger partial charge on any atom is -0.407 e. The Morgan fingerprint density at radius 3 is 2.63 bits per heavy atom. The fraction of sp³-hybridized carbons (Fsp3) is 0.333. The van der Waals surface area contributed by atoms with Crippen LogP contribution < -0.4 is 5.76 Å². The molecule has 1 heterocycles. The van der Waals surface area contributed by atoms with Crippen LogP contribution in [0.1, 0.15) is 31.2 Å². The second-order valence-corrected chi connectivity index (χ2v) is 7.41. The second kappa shape index (κ2) is 8.10. The minimum absolute atomic E-state index is 0.0155. The van der Waals surface area contributed by atoms with Gasteiger partial charge in [0.05, 0.1) is 16.5 Å². The number of nitro benzene ring substituents is 1. The monoisotopic (exact) mass is 413 g/mol. The predicted molar refractivity (Wildman–Crippen MR) is 106 cm³/mol. The summed E-state index contributed by atoms with van der Waals surface area (Å²) in [6, 6.07) is 10.3. The number of aromatic nitrogens is 1. The summed E-state index contributed by atoms with van der Waals surface area (Å²) < 4.78 is 19.6. The van der Waals surface area contributed by atoms with Crippen molar-refractivity contribution in [3.8, 4) is 0 Å². The average Bonchev–Trinajstić information content (AvgIpc) is 3.51. The van der Waals surface area contributed by atoms with Gasteiger partial charge in [0.15, 0.2) is 5.58 Å². The lowest BCUT2D eigenvalue weighted by molar-refractivity contribution is -0.384. The molecule has 0 atom stereocenters. The Labute approximate surface area is 170 Å². The normalized spacial score (nSPS) is 13.5. The van der Waals surface area contributed by atoms with Gasteiger partial charge in [0.2, 0.25) is 5.91 Å². The van der Waals surface area contributed by atoms with E-state index in [1.165, 1.54) is 34.9 Å². The maximum absolute atomic E-state index is 13.1. The lowest BCUT2D eigenvalue weighted by Crippen LogP contribution is -2.32. The first kappa shape index (κ1) is 19.8. The molecule has 3 aromatic rings. The Kier molecular flexibility index (Phi) is 5.35. The van der Waals surface area contributed by atoms with Crippen molar-refractivity contribution in [2.24, 2.45) is 0 Å². The Morgan fingerprint density at radius 1 is 1.23 bits per heavy atom. The van der Waals surface area contributed by atoms with Crippen molar-refractivity contribution < 1.29 is 18.5 Å². The summed E-state index contributed by atoms with van der Waals surface area (Å²) in [7, 11) is 0. The summed E-state index contributed by atoms with van der Waals surface area (Å²) in [6.45, 7) is 0.701. The van der Waals surface area contributed by atoms with Gasteiger partial charge in [-0.2, -0.15) is 0 Å². The smallest absolute Gasteiger partial charge is 0.407 e. The summed E-state index contributed by atoms with van der Waals surface area (Å²) in [5.41, 5.74) is 1.33. The molecule has 1 fully saturated rings. The molecule has 0 bridgehead atoms. The molecule has 8 nitrogen and oxygen atoms in total. The number of fused-ring (bicyclic) bond motifs is 1. The SMILES string of the molecule is O=C(CCCn1c(=O)oc2cc([N+](=O)[O-])ccc21)N(Cc1ccc(F)cc1)C1CC1. The van der Waals surface area contributed by atoms with Crippen molar-refractivity contribution in [3.63, 3.8) is 0 Å². The van der Waals surface area contributed by atoms with E-state index in [0.29, 0.717) is 18.5 Å². The maximum Gasteiger partial charge on any atom is 0.419 e. The molecule has 0 N–H and O–H groups in total. The third kappa shape index (κ3) is 4.24. The topological polar surface area (TPSA) is 98.6 Å². The van der Waals surface area contributed by atoms with Gasteiger partial charge in [-0.25, -0.2) is 9.18 Å². The van der Waals surface area contributed by atoms with E-state index in [1.54, 1.807) is 12.1 Å². The maximum atomic E-state index is 13.1. The first-order valence-electron chi connectivity index (χ1n) is 9.74. The highest BCUT2D eigenvalue weighted by Gasteiger charge is 2.32. The van der Waals surface area contributed by atoms with E-state index < -0.39 is 10.7 Å². The average molecular weight is 413 g/mol. The molecule has 0 spiro atoms. The van der Waals surface area contributed by atoms with Gasteiger partial charge >= 0.3 is 5.76 Å². The molecular formula is C21H20FN3O5. The van der Waals surface area contributed by atoms with Gasteiger partial charge in [-0.15, -0.1) is 0 Å². The Morgan fingerprint density at radius 2 is 1.97 bits per heavy atom. The summed E-state index contributed by atoms with van der Waals surface area (Å²) >= 11 is 0. The highest BCUT2D eigenvalue weighted by Crippen LogP contribution is 2.29. The standard InChI is InChI=1S/C21H20FN3O5/c22-15-5-3-14(4-6-15)13-24(16-7-8-16)20(26)2-1-11-23-18-10-9-17(25(28)29)12-19(18)30-21(23)27/h3-6,9-10,12,16H,1-2,7-8,11,13H2. The van der Waals surface area contributed by atoms with E-state index >= 15 is 0 Å². The number of oxazole rings is 1. The molecule has 0 aliphatic heterocycles. The van der Waals surface area contributed by atoms with Crippen LogP contribution in [-0.2, 0) is 17.9 Å². The van der Waals surface area contributed by atoms with E-state index in [0.717, 1.165) is 18.4 Å². The van der Waals surface area contributed by atoms with Gasteiger partial charge in [-0.1, -0.05) is 12.1 Å². The molecule has 1 saturated carbocycles. The van der Waals surface area contributed by atoms with Gasteiger partial charge in [-0.3, -0.25) is 19.5 Å². The summed E-state index contributed by atoms with van der Waals surface area (Å²) in [4.78, 5) is 37.0. The van der Waals surface area contributed by atoms with Crippen LogP contribution >= 0.6 is 0 Å². The largest absolute Gasteiger partial charge is 0.419 e. The molecule has 0 unspecified atom stereocenters. The van der Waals surface area contributed by atoms with Gasteiger partial charge in [0.1, 0.15) is 5.82 Å². The van der Waals surface area contributed by atoms with Gasteiger partial charge < -0.3 is 9.32 Å². The number of rotatable bonds is 8. The molecule has 0 saturated heterocycles. The van der Waals surface area contributed by atoms with Gasteiger partial charge in [0.25, 0.3) is 5.69 Å². The number of halogens is 1. The molecule has 1 aromatic heterocycles. The minimum atomic E-state index is -0.608. The molecule has 4 rings (SSSR count). The molecule has 1 amide bonds. The van der Waals surface area contributed by atoms with Crippen LogP contribution in [0.3, 0.4) is 0 Å². The quantitative estimate of drug-likeness (QED) is 0.415. The Hall–Kier alpha value is -3.49. The summed E-state index contributed by atoms with van der Waals surface area (Å²) in [6.07, 6.45) is 2.59. The predicted octanol–water partition coefficient (Wildman–Crippen LogP) is 3.61. The molecule has 156 valence electrons. The molecule has 1 aliphatic rings. The molecule has 30 heavy (non-hydrogen) atoms. The van der Waals surface area contributed by atoms with Crippen molar-refractivity contribution in [1.82, 2.24) is 9.47 Å². The van der Waals surface area contributed by atoms with Crippen LogP contribution in [-0.4, -0.2) is 26.3 Å². The third-order valence-corrected chi connectivity index (χ3v) is 5.21. The lowest BCUT2D eigenvalue weighted by Gasteiger charge is -2.22. The molecule has 0 radical (unpaired) electrons. The Balaban J connectivity index is 1.41. The van der Waals surface area contributed by atoms with Gasteiger partial charge in [-0.05, 0) is 43.0 Å². The number of nitro groups is 1. The molecule has 2 aromatic carbocycles. The van der Waals surface area contributed by atoms with Crippen LogP contribution in [0.25, 0.3) is 11.1 Å². The van der Waals surface area contributed by atoms with Crippen LogP contribution in [0.4, 0.5) is 10.1 Å². The number of benzene rings is 2. The third-order valence-electron chi connectivity index (χ3n) is 5.21. The van der Waals surface area contributed by atoms with Crippen LogP contribution in [0, 0.1) is 15.9 Å². The molecule has 9 heteroatoms. The number of amides is 1. The highest BCUT2D eigenvalue weighted by molar-refractivity contribution is 5.77. The van der Waals surface area contributed by atoms with E-state index in [9.17, 15) is 24.1 Å². The number of non-ortho nitro benzene ring substituents is 1. The van der Waals surface area contributed by atoms with E-state index in [2.05, 4.69) is 0 Å². The summed E-state index contributed by atoms with van der Waals surface area (Å²) in [5.74, 6) is -0.937. The zero-order valence-electron chi connectivity index (χ0n) is 16.1. The van der Waals surface area contributed by atoms with Crippen LogP contribution in [0.15, 0.2) is 51.7 Å². The van der Waals surface area contributed by atoms with Crippen LogP contribution in [0.2, 0.25) is 0 Å². The number of aryl methyl sites for hydroxylation is 1. The number of nitrogens with zero attached hydrogens (tertiary/aromatic N) is 3. The zero-order chi connectivity index (χ0) is 21.3. The number of hydrogen-bond donors (Lipinski definition) is 0. The van der Waals surface area contributed by atoms with Gasteiger partial charge in [0, 0.05) is 31.6 Å². The zero-order valence-corrected chi connectivity index (χ0v) is 16.1.